The molecule has 0 radical (unpaired) electrons. The van der Waals surface area contributed by atoms with Crippen molar-refractivity contribution in [1.82, 2.24) is 14.5 Å². The van der Waals surface area contributed by atoms with Crippen LogP contribution in [0.4, 0.5) is 0 Å². The van der Waals surface area contributed by atoms with Crippen LogP contribution in [0.15, 0.2) is 52.7 Å². The van der Waals surface area contributed by atoms with E-state index in [0.717, 1.165) is 11.3 Å². The molecule has 1 aromatic carbocycles. The van der Waals surface area contributed by atoms with Gasteiger partial charge in [0.1, 0.15) is 6.04 Å². The maximum atomic E-state index is 13.1. The molecule has 3 heterocycles. The minimum Gasteiger partial charge on any atom is -0.341 e. The number of carbonyl (C=O) groups is 2. The largest absolute Gasteiger partial charge is 0.341 e. The average Bonchev–Trinajstić information content (AvgIpc) is 3.46. The highest BCUT2D eigenvalue weighted by Crippen LogP contribution is 2.24. The van der Waals surface area contributed by atoms with Gasteiger partial charge in [0.2, 0.25) is 21.8 Å². The van der Waals surface area contributed by atoms with Gasteiger partial charge >= 0.3 is 0 Å². The van der Waals surface area contributed by atoms with Gasteiger partial charge in [0, 0.05) is 30.6 Å². The first-order valence-corrected chi connectivity index (χ1v) is 13.0. The molecule has 166 valence electrons. The monoisotopic (exact) mass is 461 g/mol. The van der Waals surface area contributed by atoms with E-state index in [9.17, 15) is 18.0 Å². The summed E-state index contributed by atoms with van der Waals surface area (Å²) in [5.74, 6) is -0.00907. The quantitative estimate of drug-likeness (QED) is 0.715. The third-order valence-corrected chi connectivity index (χ3v) is 8.36. The van der Waals surface area contributed by atoms with E-state index in [1.807, 2.05) is 17.5 Å². The number of nitrogens with zero attached hydrogens (tertiary/aromatic N) is 2. The topological polar surface area (TPSA) is 86.8 Å². The molecule has 1 atom stereocenters. The van der Waals surface area contributed by atoms with Crippen molar-refractivity contribution >= 4 is 33.2 Å². The standard InChI is InChI=1S/C22H27N3O4S2/c26-21(16-18-6-5-15-30-18)25-12-4-9-20(25)22(27)24-13-10-17(11-14-24)23-31(28,29)19-7-2-1-3-8-19/h1-3,5-8,15,17,20,23H,4,9-14,16H2. The van der Waals surface area contributed by atoms with Crippen molar-refractivity contribution in [1.29, 1.82) is 0 Å². The van der Waals surface area contributed by atoms with Crippen LogP contribution in [0.3, 0.4) is 0 Å². The maximum Gasteiger partial charge on any atom is 0.245 e. The molecule has 7 nitrogen and oxygen atoms in total. The molecule has 0 spiro atoms. The lowest BCUT2D eigenvalue weighted by molar-refractivity contribution is -0.144. The number of rotatable bonds is 6. The van der Waals surface area contributed by atoms with Crippen LogP contribution in [0.5, 0.6) is 0 Å². The second-order valence-corrected chi connectivity index (χ2v) is 10.8. The number of amides is 2. The Hall–Kier alpha value is -2.23. The van der Waals surface area contributed by atoms with Gasteiger partial charge in [-0.1, -0.05) is 24.3 Å². The van der Waals surface area contributed by atoms with Crippen LogP contribution in [0.25, 0.3) is 0 Å². The third kappa shape index (κ3) is 5.16. The summed E-state index contributed by atoms with van der Waals surface area (Å²) in [6, 6.07) is 11.6. The molecule has 2 fully saturated rings. The van der Waals surface area contributed by atoms with E-state index < -0.39 is 16.1 Å². The molecule has 0 saturated carbocycles. The van der Waals surface area contributed by atoms with Gasteiger partial charge in [0.15, 0.2) is 0 Å². The zero-order chi connectivity index (χ0) is 21.8. The van der Waals surface area contributed by atoms with Crippen molar-refractivity contribution < 1.29 is 18.0 Å². The minimum absolute atomic E-state index is 0.00353. The predicted molar refractivity (Wildman–Crippen MR) is 119 cm³/mol. The second kappa shape index (κ2) is 9.50. The van der Waals surface area contributed by atoms with Crippen molar-refractivity contribution in [2.24, 2.45) is 0 Å². The van der Waals surface area contributed by atoms with Gasteiger partial charge in [-0.05, 0) is 49.3 Å². The molecule has 9 heteroatoms. The highest BCUT2D eigenvalue weighted by Gasteiger charge is 2.37. The molecular formula is C22H27N3O4S2. The van der Waals surface area contributed by atoms with Gasteiger partial charge in [0.05, 0.1) is 11.3 Å². The molecule has 1 unspecified atom stereocenters. The van der Waals surface area contributed by atoms with Crippen molar-refractivity contribution in [2.45, 2.75) is 49.1 Å². The lowest BCUT2D eigenvalue weighted by Crippen LogP contribution is -2.52. The summed E-state index contributed by atoms with van der Waals surface area (Å²) in [6.45, 7) is 1.60. The smallest absolute Gasteiger partial charge is 0.245 e. The van der Waals surface area contributed by atoms with Gasteiger partial charge in [-0.3, -0.25) is 9.59 Å². The summed E-state index contributed by atoms with van der Waals surface area (Å²) >= 11 is 1.55. The second-order valence-electron chi connectivity index (χ2n) is 8.04. The number of hydrogen-bond donors (Lipinski definition) is 1. The number of hydrogen-bond acceptors (Lipinski definition) is 5. The minimum atomic E-state index is -3.56. The Morgan fingerprint density at radius 3 is 2.42 bits per heavy atom. The van der Waals surface area contributed by atoms with Crippen LogP contribution in [-0.4, -0.2) is 61.7 Å². The number of sulfonamides is 1. The third-order valence-electron chi connectivity index (χ3n) is 5.95. The lowest BCUT2D eigenvalue weighted by Gasteiger charge is -2.35. The lowest BCUT2D eigenvalue weighted by atomic mass is 10.0. The molecule has 1 aromatic heterocycles. The molecule has 2 aliphatic heterocycles. The van der Waals surface area contributed by atoms with Crippen molar-refractivity contribution in [3.8, 4) is 0 Å². The van der Waals surface area contributed by atoms with Crippen LogP contribution in [0.2, 0.25) is 0 Å². The normalized spacial score (nSPS) is 20.2. The summed E-state index contributed by atoms with van der Waals surface area (Å²) in [5.41, 5.74) is 0. The first-order valence-electron chi connectivity index (χ1n) is 10.6. The number of piperidine rings is 1. The van der Waals surface area contributed by atoms with E-state index in [1.54, 1.807) is 51.5 Å². The summed E-state index contributed by atoms with van der Waals surface area (Å²) in [4.78, 5) is 30.6. The van der Waals surface area contributed by atoms with E-state index in [-0.39, 0.29) is 22.8 Å². The highest BCUT2D eigenvalue weighted by molar-refractivity contribution is 7.89. The Balaban J connectivity index is 1.32. The van der Waals surface area contributed by atoms with E-state index >= 15 is 0 Å². The summed E-state index contributed by atoms with van der Waals surface area (Å²) in [7, 11) is -3.56. The van der Waals surface area contributed by atoms with Gasteiger partial charge in [-0.15, -0.1) is 11.3 Å². The maximum absolute atomic E-state index is 13.1. The number of carbonyl (C=O) groups excluding carboxylic acids is 2. The van der Waals surface area contributed by atoms with Crippen LogP contribution in [0.1, 0.15) is 30.6 Å². The summed E-state index contributed by atoms with van der Waals surface area (Å²) in [5, 5.41) is 1.95. The van der Waals surface area contributed by atoms with E-state index in [0.29, 0.717) is 45.3 Å². The number of nitrogens with one attached hydrogen (secondary N) is 1. The summed E-state index contributed by atoms with van der Waals surface area (Å²) < 4.78 is 27.8. The number of likely N-dealkylation sites (tertiary alicyclic amines) is 2. The van der Waals surface area contributed by atoms with Gasteiger partial charge < -0.3 is 9.80 Å². The Labute approximate surface area is 187 Å². The first kappa shape index (κ1) is 22.0. The van der Waals surface area contributed by atoms with Crippen LogP contribution in [0, 0.1) is 0 Å². The fourth-order valence-corrected chi connectivity index (χ4v) is 6.32. The fraction of sp³-hybridized carbons (Fsp3) is 0.455. The predicted octanol–water partition coefficient (Wildman–Crippen LogP) is 2.25. The fourth-order valence-electron chi connectivity index (χ4n) is 4.30. The molecular weight excluding hydrogens is 434 g/mol. The Morgan fingerprint density at radius 2 is 1.74 bits per heavy atom. The summed E-state index contributed by atoms with van der Waals surface area (Å²) in [6.07, 6.45) is 2.99. The van der Waals surface area contributed by atoms with Crippen LogP contribution >= 0.6 is 11.3 Å². The SMILES string of the molecule is O=C(C1CCCN1C(=O)Cc1cccs1)N1CCC(NS(=O)(=O)c2ccccc2)CC1. The average molecular weight is 462 g/mol. The molecule has 2 aliphatic rings. The number of thiophene rings is 1. The van der Waals surface area contributed by atoms with Gasteiger partial charge in [-0.2, -0.15) is 0 Å². The molecule has 2 amide bonds. The highest BCUT2D eigenvalue weighted by atomic mass is 32.2. The molecule has 2 saturated heterocycles. The van der Waals surface area contributed by atoms with Crippen molar-refractivity contribution in [2.75, 3.05) is 19.6 Å². The van der Waals surface area contributed by atoms with E-state index in [4.69, 9.17) is 0 Å². The Bertz CT molecular complexity index is 1000. The molecule has 2 aromatic rings. The zero-order valence-corrected chi connectivity index (χ0v) is 18.9. The molecule has 1 N–H and O–H groups in total. The van der Waals surface area contributed by atoms with Crippen molar-refractivity contribution in [3.05, 3.63) is 52.7 Å². The van der Waals surface area contributed by atoms with Crippen molar-refractivity contribution in [3.63, 3.8) is 0 Å². The Morgan fingerprint density at radius 1 is 1.00 bits per heavy atom. The van der Waals surface area contributed by atoms with E-state index in [1.165, 1.54) is 0 Å². The molecule has 0 aliphatic carbocycles. The Kier molecular flexibility index (Phi) is 6.74. The number of benzene rings is 1. The zero-order valence-electron chi connectivity index (χ0n) is 17.3. The molecule has 31 heavy (non-hydrogen) atoms. The first-order chi connectivity index (χ1) is 14.9. The molecule has 0 bridgehead atoms. The van der Waals surface area contributed by atoms with Crippen LogP contribution in [-0.2, 0) is 26.0 Å². The van der Waals surface area contributed by atoms with Gasteiger partial charge in [0.25, 0.3) is 0 Å². The van der Waals surface area contributed by atoms with E-state index in [2.05, 4.69) is 4.72 Å². The van der Waals surface area contributed by atoms with Gasteiger partial charge in [-0.25, -0.2) is 13.1 Å². The van der Waals surface area contributed by atoms with Crippen LogP contribution < -0.4 is 4.72 Å². The molecule has 4 rings (SSSR count).